The summed E-state index contributed by atoms with van der Waals surface area (Å²) in [5, 5.41) is 4.46. The van der Waals surface area contributed by atoms with Gasteiger partial charge in [0.1, 0.15) is 0 Å². The van der Waals surface area contributed by atoms with Crippen LogP contribution in [0.1, 0.15) is 49.8 Å². The average molecular weight is 397 g/mol. The number of likely N-dealkylation sites (tertiary alicyclic amines) is 2. The molecule has 1 aromatic carbocycles. The minimum absolute atomic E-state index is 0.312. The first-order chi connectivity index (χ1) is 13.3. The van der Waals surface area contributed by atoms with Crippen molar-refractivity contribution in [3.8, 4) is 0 Å². The molecule has 2 aliphatic rings. The van der Waals surface area contributed by atoms with Crippen LogP contribution >= 0.6 is 11.3 Å². The van der Waals surface area contributed by atoms with Crippen LogP contribution in [0, 0.1) is 18.3 Å². The monoisotopic (exact) mass is 396 g/mol. The van der Waals surface area contributed by atoms with Crippen LogP contribution in [0.4, 0.5) is 0 Å². The van der Waals surface area contributed by atoms with Crippen LogP contribution in [0.5, 0.6) is 0 Å². The molecule has 4 rings (SSSR count). The topological polar surface area (TPSA) is 23.6 Å². The number of piperidine rings is 1. The van der Waals surface area contributed by atoms with Crippen molar-refractivity contribution < 1.29 is 4.79 Å². The van der Waals surface area contributed by atoms with Crippen LogP contribution in [-0.2, 0) is 11.3 Å². The van der Waals surface area contributed by atoms with E-state index in [-0.39, 0.29) is 5.41 Å². The standard InChI is InChI=1S/C24H32N2OS/c1-17-5-7-18(8-6-17)13-25-11-9-22-21(14-25)20(19-10-12-28-16-19)15-26(22)23(27)24(2,3)4/h5-8,10,12,16,20-22H,9,11,13-15H2,1-4H3/t20-,21-,22-/m1/s1. The maximum absolute atomic E-state index is 13.2. The number of carbonyl (C=O) groups is 1. The number of amides is 1. The fraction of sp³-hybridized carbons (Fsp3) is 0.542. The van der Waals surface area contributed by atoms with E-state index in [2.05, 4.69) is 78.6 Å². The number of thiophene rings is 1. The van der Waals surface area contributed by atoms with Gasteiger partial charge in [0.25, 0.3) is 0 Å². The Balaban J connectivity index is 1.54. The molecule has 0 spiro atoms. The van der Waals surface area contributed by atoms with Crippen molar-refractivity contribution in [1.82, 2.24) is 9.80 Å². The molecule has 0 bridgehead atoms. The zero-order chi connectivity index (χ0) is 19.9. The van der Waals surface area contributed by atoms with Gasteiger partial charge in [-0.05, 0) is 41.3 Å². The number of nitrogens with zero attached hydrogens (tertiary/aromatic N) is 2. The van der Waals surface area contributed by atoms with E-state index in [9.17, 15) is 4.79 Å². The van der Waals surface area contributed by atoms with Crippen LogP contribution in [-0.4, -0.2) is 41.4 Å². The third kappa shape index (κ3) is 3.90. The van der Waals surface area contributed by atoms with Crippen LogP contribution in [0.2, 0.25) is 0 Å². The molecule has 3 nitrogen and oxygen atoms in total. The van der Waals surface area contributed by atoms with Gasteiger partial charge in [-0.2, -0.15) is 11.3 Å². The Bertz CT molecular complexity index is 806. The van der Waals surface area contributed by atoms with Crippen molar-refractivity contribution in [3.63, 3.8) is 0 Å². The molecule has 150 valence electrons. The molecule has 0 radical (unpaired) electrons. The minimum atomic E-state index is -0.312. The molecule has 28 heavy (non-hydrogen) atoms. The summed E-state index contributed by atoms with van der Waals surface area (Å²) in [6.07, 6.45) is 1.08. The Labute approximate surface area is 173 Å². The molecular weight excluding hydrogens is 364 g/mol. The lowest BCUT2D eigenvalue weighted by Gasteiger charge is -2.40. The van der Waals surface area contributed by atoms with E-state index in [0.29, 0.717) is 23.8 Å². The second-order valence-corrected chi connectivity index (χ2v) is 10.4. The highest BCUT2D eigenvalue weighted by Gasteiger charge is 2.48. The largest absolute Gasteiger partial charge is 0.338 e. The molecule has 2 aliphatic heterocycles. The highest BCUT2D eigenvalue weighted by atomic mass is 32.1. The zero-order valence-electron chi connectivity index (χ0n) is 17.5. The highest BCUT2D eigenvalue weighted by molar-refractivity contribution is 7.08. The molecular formula is C24H32N2OS. The van der Waals surface area contributed by atoms with Crippen LogP contribution in [0.3, 0.4) is 0 Å². The van der Waals surface area contributed by atoms with E-state index in [1.165, 1.54) is 16.7 Å². The number of hydrogen-bond acceptors (Lipinski definition) is 3. The molecule has 1 aromatic heterocycles. The molecule has 0 unspecified atom stereocenters. The van der Waals surface area contributed by atoms with Gasteiger partial charge in [-0.1, -0.05) is 50.6 Å². The minimum Gasteiger partial charge on any atom is -0.338 e. The average Bonchev–Trinajstić information content (AvgIpc) is 3.29. The molecule has 2 fully saturated rings. The maximum Gasteiger partial charge on any atom is 0.228 e. The van der Waals surface area contributed by atoms with E-state index in [0.717, 1.165) is 32.6 Å². The Morgan fingerprint density at radius 2 is 1.89 bits per heavy atom. The van der Waals surface area contributed by atoms with Crippen LogP contribution in [0.15, 0.2) is 41.1 Å². The zero-order valence-corrected chi connectivity index (χ0v) is 18.3. The smallest absolute Gasteiger partial charge is 0.228 e. The number of rotatable bonds is 3. The first-order valence-electron chi connectivity index (χ1n) is 10.4. The lowest BCUT2D eigenvalue weighted by molar-refractivity contribution is -0.141. The summed E-state index contributed by atoms with van der Waals surface area (Å²) in [5.74, 6) is 1.30. The van der Waals surface area contributed by atoms with Gasteiger partial charge in [0.2, 0.25) is 5.91 Å². The summed E-state index contributed by atoms with van der Waals surface area (Å²) in [5.41, 5.74) is 3.80. The van der Waals surface area contributed by atoms with Gasteiger partial charge >= 0.3 is 0 Å². The normalized spacial score (nSPS) is 25.7. The van der Waals surface area contributed by atoms with Crippen molar-refractivity contribution >= 4 is 17.2 Å². The predicted octanol–water partition coefficient (Wildman–Crippen LogP) is 4.92. The predicted molar refractivity (Wildman–Crippen MR) is 117 cm³/mol. The summed E-state index contributed by atoms with van der Waals surface area (Å²) in [7, 11) is 0. The third-order valence-electron chi connectivity index (χ3n) is 6.42. The van der Waals surface area contributed by atoms with Gasteiger partial charge < -0.3 is 4.90 Å². The first kappa shape index (κ1) is 19.7. The second-order valence-electron chi connectivity index (χ2n) is 9.61. The Kier molecular flexibility index (Phi) is 5.36. The molecule has 0 N–H and O–H groups in total. The summed E-state index contributed by atoms with van der Waals surface area (Å²) in [4.78, 5) is 18.0. The Hall–Kier alpha value is -1.65. The maximum atomic E-state index is 13.2. The van der Waals surface area contributed by atoms with Gasteiger partial charge in [0, 0.05) is 49.5 Å². The lowest BCUT2D eigenvalue weighted by atomic mass is 9.82. The van der Waals surface area contributed by atoms with Crippen molar-refractivity contribution in [1.29, 1.82) is 0 Å². The van der Waals surface area contributed by atoms with Crippen molar-refractivity contribution in [3.05, 3.63) is 57.8 Å². The quantitative estimate of drug-likeness (QED) is 0.735. The number of aryl methyl sites for hydroxylation is 1. The van der Waals surface area contributed by atoms with E-state index in [4.69, 9.17) is 0 Å². The highest BCUT2D eigenvalue weighted by Crippen LogP contribution is 2.43. The molecule has 2 saturated heterocycles. The lowest BCUT2D eigenvalue weighted by Crippen LogP contribution is -2.49. The van der Waals surface area contributed by atoms with Gasteiger partial charge in [-0.15, -0.1) is 0 Å². The van der Waals surface area contributed by atoms with Crippen LogP contribution in [0.25, 0.3) is 0 Å². The van der Waals surface area contributed by atoms with Gasteiger partial charge in [-0.3, -0.25) is 9.69 Å². The summed E-state index contributed by atoms with van der Waals surface area (Å²) in [6, 6.07) is 11.6. The van der Waals surface area contributed by atoms with Gasteiger partial charge in [-0.25, -0.2) is 0 Å². The second kappa shape index (κ2) is 7.64. The number of benzene rings is 1. The van der Waals surface area contributed by atoms with Crippen molar-refractivity contribution in [2.45, 2.75) is 52.6 Å². The van der Waals surface area contributed by atoms with E-state index >= 15 is 0 Å². The fourth-order valence-corrected chi connectivity index (χ4v) is 5.63. The summed E-state index contributed by atoms with van der Waals surface area (Å²) in [6.45, 7) is 12.3. The molecule has 0 saturated carbocycles. The molecule has 4 heteroatoms. The van der Waals surface area contributed by atoms with E-state index < -0.39 is 0 Å². The van der Waals surface area contributed by atoms with Crippen LogP contribution < -0.4 is 0 Å². The molecule has 0 aliphatic carbocycles. The number of fused-ring (bicyclic) bond motifs is 1. The summed E-state index contributed by atoms with van der Waals surface area (Å²) >= 11 is 1.77. The SMILES string of the molecule is Cc1ccc(CN2CC[C@@H]3[C@H](C2)[C@@H](c2ccsc2)CN3C(=O)C(C)(C)C)cc1. The number of carbonyl (C=O) groups excluding carboxylic acids is 1. The first-order valence-corrected chi connectivity index (χ1v) is 11.4. The summed E-state index contributed by atoms with van der Waals surface area (Å²) < 4.78 is 0. The molecule has 1 amide bonds. The van der Waals surface area contributed by atoms with Crippen molar-refractivity contribution in [2.75, 3.05) is 19.6 Å². The van der Waals surface area contributed by atoms with Gasteiger partial charge in [0.05, 0.1) is 0 Å². The number of hydrogen-bond donors (Lipinski definition) is 0. The van der Waals surface area contributed by atoms with Crippen molar-refractivity contribution in [2.24, 2.45) is 11.3 Å². The molecule has 3 atom stereocenters. The molecule has 3 heterocycles. The fourth-order valence-electron chi connectivity index (χ4n) is 4.90. The van der Waals surface area contributed by atoms with E-state index in [1.54, 1.807) is 11.3 Å². The Morgan fingerprint density at radius 3 is 2.54 bits per heavy atom. The Morgan fingerprint density at radius 1 is 1.14 bits per heavy atom. The van der Waals surface area contributed by atoms with Gasteiger partial charge in [0.15, 0.2) is 0 Å². The molecule has 2 aromatic rings. The third-order valence-corrected chi connectivity index (χ3v) is 7.12. The van der Waals surface area contributed by atoms with E-state index in [1.807, 2.05) is 0 Å².